The molecule has 1 rings (SSSR count). The maximum absolute atomic E-state index is 11.2. The van der Waals surface area contributed by atoms with Crippen LogP contribution in [0, 0.1) is 0 Å². The van der Waals surface area contributed by atoms with Gasteiger partial charge in [0.2, 0.25) is 0 Å². The lowest BCUT2D eigenvalue weighted by Crippen LogP contribution is -2.06. The lowest BCUT2D eigenvalue weighted by Gasteiger charge is -2.12. The summed E-state index contributed by atoms with van der Waals surface area (Å²) in [6, 6.07) is 2.04. The van der Waals surface area contributed by atoms with Gasteiger partial charge in [-0.15, -0.1) is 0 Å². The Morgan fingerprint density at radius 2 is 2.06 bits per heavy atom. The van der Waals surface area contributed by atoms with E-state index in [1.807, 2.05) is 0 Å². The van der Waals surface area contributed by atoms with Crippen LogP contribution < -0.4 is 9.47 Å². The number of aromatic carboxylic acids is 1. The molecule has 0 atom stereocenters. The summed E-state index contributed by atoms with van der Waals surface area (Å²) in [7, 11) is 2.40. The molecule has 0 saturated heterocycles. The predicted octanol–water partition coefficient (Wildman–Crippen LogP) is 1.72. The van der Waals surface area contributed by atoms with Crippen LogP contribution in [0.1, 0.15) is 17.3 Å². The van der Waals surface area contributed by atoms with Crippen molar-refractivity contribution in [3.05, 3.63) is 17.7 Å². The summed E-state index contributed by atoms with van der Waals surface area (Å²) < 4.78 is 32.5. The maximum Gasteiger partial charge on any atom is 0.339 e. The molecule has 0 aliphatic heterocycles. The van der Waals surface area contributed by atoms with E-state index in [0.717, 1.165) is 12.1 Å². The van der Waals surface area contributed by atoms with Crippen LogP contribution in [0.15, 0.2) is 17.0 Å². The van der Waals surface area contributed by atoms with Crippen molar-refractivity contribution in [1.29, 1.82) is 0 Å². The lowest BCUT2D eigenvalue weighted by molar-refractivity contribution is 0.0692. The van der Waals surface area contributed by atoms with Gasteiger partial charge in [-0.25, -0.2) is 13.2 Å². The highest BCUT2D eigenvalue weighted by molar-refractivity contribution is 8.13. The molecule has 0 unspecified atom stereocenters. The molecule has 0 aliphatic carbocycles. The molecule has 1 aromatic carbocycles. The van der Waals surface area contributed by atoms with E-state index in [-0.39, 0.29) is 28.6 Å². The van der Waals surface area contributed by atoms with Crippen molar-refractivity contribution in [2.75, 3.05) is 13.7 Å². The van der Waals surface area contributed by atoms with Crippen molar-refractivity contribution in [2.24, 2.45) is 0 Å². The van der Waals surface area contributed by atoms with E-state index in [1.165, 1.54) is 7.11 Å². The molecule has 1 N–H and O–H groups in total. The molecule has 0 amide bonds. The Balaban J connectivity index is 3.59. The second kappa shape index (κ2) is 5.45. The molecule has 18 heavy (non-hydrogen) atoms. The second-order valence-corrected chi connectivity index (χ2v) is 5.74. The predicted molar refractivity (Wildman–Crippen MR) is 64.2 cm³/mol. The van der Waals surface area contributed by atoms with E-state index in [4.69, 9.17) is 25.3 Å². The SMILES string of the molecule is CCOc1cc(S(=O)(=O)Cl)cc(C(=O)O)c1OC. The number of halogens is 1. The fourth-order valence-electron chi connectivity index (χ4n) is 1.35. The van der Waals surface area contributed by atoms with Crippen molar-refractivity contribution in [1.82, 2.24) is 0 Å². The summed E-state index contributed by atoms with van der Waals surface area (Å²) in [6.45, 7) is 1.89. The summed E-state index contributed by atoms with van der Waals surface area (Å²) in [5, 5.41) is 9.01. The van der Waals surface area contributed by atoms with Gasteiger partial charge in [-0.2, -0.15) is 0 Å². The number of carboxylic acid groups (broad SMARTS) is 1. The molecule has 0 radical (unpaired) electrons. The third kappa shape index (κ3) is 3.05. The molecule has 0 heterocycles. The Morgan fingerprint density at radius 3 is 2.44 bits per heavy atom. The van der Waals surface area contributed by atoms with Crippen molar-refractivity contribution in [3.63, 3.8) is 0 Å². The zero-order chi connectivity index (χ0) is 13.9. The molecule has 0 aliphatic rings. The summed E-state index contributed by atoms with van der Waals surface area (Å²) in [5.74, 6) is -1.37. The number of hydrogen-bond donors (Lipinski definition) is 1. The van der Waals surface area contributed by atoms with Gasteiger partial charge in [-0.05, 0) is 13.0 Å². The third-order valence-corrected chi connectivity index (χ3v) is 3.38. The summed E-state index contributed by atoms with van der Waals surface area (Å²) in [6.07, 6.45) is 0. The molecular formula is C10H11ClO6S. The monoisotopic (exact) mass is 294 g/mol. The van der Waals surface area contributed by atoms with Crippen LogP contribution in [0.5, 0.6) is 11.5 Å². The first-order valence-electron chi connectivity index (χ1n) is 4.84. The van der Waals surface area contributed by atoms with Gasteiger partial charge >= 0.3 is 5.97 Å². The zero-order valence-electron chi connectivity index (χ0n) is 9.64. The van der Waals surface area contributed by atoms with Crippen molar-refractivity contribution in [2.45, 2.75) is 11.8 Å². The molecule has 6 nitrogen and oxygen atoms in total. The lowest BCUT2D eigenvalue weighted by atomic mass is 10.2. The van der Waals surface area contributed by atoms with Gasteiger partial charge < -0.3 is 14.6 Å². The highest BCUT2D eigenvalue weighted by Crippen LogP contribution is 2.35. The molecule has 0 aromatic heterocycles. The quantitative estimate of drug-likeness (QED) is 0.832. The number of carbonyl (C=O) groups is 1. The Kier molecular flexibility index (Phi) is 4.42. The first kappa shape index (κ1) is 14.6. The van der Waals surface area contributed by atoms with Crippen LogP contribution in [0.25, 0.3) is 0 Å². The Labute approximate surface area is 109 Å². The van der Waals surface area contributed by atoms with Crippen LogP contribution >= 0.6 is 10.7 Å². The summed E-state index contributed by atoms with van der Waals surface area (Å²) in [5.41, 5.74) is -0.331. The van der Waals surface area contributed by atoms with Crippen LogP contribution in [0.4, 0.5) is 0 Å². The largest absolute Gasteiger partial charge is 0.492 e. The van der Waals surface area contributed by atoms with Crippen LogP contribution in [-0.4, -0.2) is 33.2 Å². The van der Waals surface area contributed by atoms with Crippen molar-refractivity contribution >= 4 is 25.7 Å². The number of carboxylic acids is 1. The number of rotatable bonds is 5. The molecule has 0 bridgehead atoms. The average Bonchev–Trinajstić information content (AvgIpc) is 2.27. The highest BCUT2D eigenvalue weighted by atomic mass is 35.7. The van der Waals surface area contributed by atoms with E-state index in [0.29, 0.717) is 0 Å². The number of benzene rings is 1. The zero-order valence-corrected chi connectivity index (χ0v) is 11.2. The minimum Gasteiger partial charge on any atom is -0.492 e. The average molecular weight is 295 g/mol. The van der Waals surface area contributed by atoms with Crippen LogP contribution in [0.2, 0.25) is 0 Å². The molecule has 100 valence electrons. The normalized spacial score (nSPS) is 11.1. The van der Waals surface area contributed by atoms with Gasteiger partial charge in [0.1, 0.15) is 5.56 Å². The summed E-state index contributed by atoms with van der Waals surface area (Å²) >= 11 is 0. The minimum atomic E-state index is -4.05. The number of methoxy groups -OCH3 is 1. The van der Waals surface area contributed by atoms with Crippen LogP contribution in [-0.2, 0) is 9.05 Å². The molecule has 0 saturated carbocycles. The smallest absolute Gasteiger partial charge is 0.339 e. The van der Waals surface area contributed by atoms with Gasteiger partial charge in [0.15, 0.2) is 11.5 Å². The van der Waals surface area contributed by atoms with Gasteiger partial charge in [-0.1, -0.05) is 0 Å². The van der Waals surface area contributed by atoms with E-state index < -0.39 is 15.0 Å². The van der Waals surface area contributed by atoms with E-state index in [1.54, 1.807) is 6.92 Å². The topological polar surface area (TPSA) is 89.9 Å². The summed E-state index contributed by atoms with van der Waals surface area (Å²) in [4.78, 5) is 10.7. The van der Waals surface area contributed by atoms with Crippen LogP contribution in [0.3, 0.4) is 0 Å². The Hall–Kier alpha value is -1.47. The highest BCUT2D eigenvalue weighted by Gasteiger charge is 2.22. The van der Waals surface area contributed by atoms with Crippen molar-refractivity contribution < 1.29 is 27.8 Å². The first-order chi connectivity index (χ1) is 8.31. The standard InChI is InChI=1S/C10H11ClO6S/c1-3-17-8-5-6(18(11,14)15)4-7(10(12)13)9(8)16-2/h4-5H,3H2,1-2H3,(H,12,13). The molecule has 8 heteroatoms. The number of ether oxygens (including phenoxy) is 2. The van der Waals surface area contributed by atoms with E-state index >= 15 is 0 Å². The molecular weight excluding hydrogens is 284 g/mol. The molecule has 0 spiro atoms. The van der Waals surface area contributed by atoms with Gasteiger partial charge in [-0.3, -0.25) is 0 Å². The Morgan fingerprint density at radius 1 is 1.44 bits per heavy atom. The molecule has 1 aromatic rings. The van der Waals surface area contributed by atoms with E-state index in [2.05, 4.69) is 0 Å². The number of hydrogen-bond acceptors (Lipinski definition) is 5. The van der Waals surface area contributed by atoms with Gasteiger partial charge in [0.25, 0.3) is 9.05 Å². The molecule has 0 fully saturated rings. The van der Waals surface area contributed by atoms with E-state index in [9.17, 15) is 13.2 Å². The fraction of sp³-hybridized carbons (Fsp3) is 0.300. The fourth-order valence-corrected chi connectivity index (χ4v) is 2.12. The minimum absolute atomic E-state index is 0.0131. The van der Waals surface area contributed by atoms with Gasteiger partial charge in [0.05, 0.1) is 18.6 Å². The second-order valence-electron chi connectivity index (χ2n) is 3.18. The maximum atomic E-state index is 11.2. The first-order valence-corrected chi connectivity index (χ1v) is 7.15. The van der Waals surface area contributed by atoms with Crippen molar-refractivity contribution in [3.8, 4) is 11.5 Å². The Bertz CT molecular complexity index is 566. The third-order valence-electron chi connectivity index (χ3n) is 2.04. The van der Waals surface area contributed by atoms with Gasteiger partial charge in [0, 0.05) is 16.7 Å².